The third kappa shape index (κ3) is 4.48. The van der Waals surface area contributed by atoms with Gasteiger partial charge in [-0.05, 0) is 36.4 Å². The Morgan fingerprint density at radius 2 is 1.92 bits per heavy atom. The number of benzene rings is 2. The van der Waals surface area contributed by atoms with E-state index in [1.807, 2.05) is 0 Å². The minimum atomic E-state index is -3.04. The summed E-state index contributed by atoms with van der Waals surface area (Å²) in [5.74, 6) is -1.15. The van der Waals surface area contributed by atoms with Crippen molar-refractivity contribution in [3.63, 3.8) is 0 Å². The van der Waals surface area contributed by atoms with Gasteiger partial charge in [-0.1, -0.05) is 6.07 Å². The number of hydrazone groups is 1. The van der Waals surface area contributed by atoms with Crippen LogP contribution < -0.4 is 14.9 Å². The van der Waals surface area contributed by atoms with E-state index in [-0.39, 0.29) is 22.6 Å². The summed E-state index contributed by atoms with van der Waals surface area (Å²) < 4.78 is 47.2. The van der Waals surface area contributed by atoms with Crippen molar-refractivity contribution in [1.82, 2.24) is 5.43 Å². The van der Waals surface area contributed by atoms with Crippen molar-refractivity contribution >= 4 is 12.1 Å². The molecule has 0 heterocycles. The van der Waals surface area contributed by atoms with Crippen LogP contribution in [0.1, 0.15) is 15.9 Å². The van der Waals surface area contributed by atoms with Crippen LogP contribution in [0.5, 0.6) is 11.5 Å². The molecule has 0 aliphatic heterocycles. The van der Waals surface area contributed by atoms with Gasteiger partial charge in [0, 0.05) is 11.1 Å². The molecule has 0 unspecified atom stereocenters. The Balaban J connectivity index is 2.13. The number of methoxy groups -OCH3 is 1. The van der Waals surface area contributed by atoms with Crippen LogP contribution in [0.25, 0.3) is 0 Å². The van der Waals surface area contributed by atoms with E-state index in [2.05, 4.69) is 15.3 Å². The number of halogens is 3. The number of rotatable bonds is 6. The van der Waals surface area contributed by atoms with Gasteiger partial charge in [-0.25, -0.2) is 9.82 Å². The van der Waals surface area contributed by atoms with Gasteiger partial charge in [-0.2, -0.15) is 13.9 Å². The minimum absolute atomic E-state index is 0.101. The summed E-state index contributed by atoms with van der Waals surface area (Å²) in [4.78, 5) is 11.8. The van der Waals surface area contributed by atoms with Crippen molar-refractivity contribution in [1.29, 1.82) is 0 Å². The number of hydrogen-bond acceptors (Lipinski definition) is 4. The normalized spacial score (nSPS) is 10.9. The predicted molar refractivity (Wildman–Crippen MR) is 81.1 cm³/mol. The maximum absolute atomic E-state index is 12.8. The van der Waals surface area contributed by atoms with E-state index in [0.717, 1.165) is 18.3 Å². The molecule has 0 aromatic heterocycles. The molecule has 24 heavy (non-hydrogen) atoms. The Kier molecular flexibility index (Phi) is 5.78. The Bertz CT molecular complexity index is 734. The number of ether oxygens (including phenoxy) is 2. The summed E-state index contributed by atoms with van der Waals surface area (Å²) in [6, 6.07) is 9.32. The number of para-hydroxylation sites is 1. The zero-order chi connectivity index (χ0) is 17.5. The number of carbonyl (C=O) groups excluding carboxylic acids is 1. The van der Waals surface area contributed by atoms with Gasteiger partial charge >= 0.3 is 6.61 Å². The number of nitrogens with one attached hydrogen (secondary N) is 1. The van der Waals surface area contributed by atoms with Crippen molar-refractivity contribution in [3.8, 4) is 11.5 Å². The molecule has 0 fully saturated rings. The zero-order valence-electron chi connectivity index (χ0n) is 12.5. The molecule has 5 nitrogen and oxygen atoms in total. The molecule has 0 bridgehead atoms. The molecule has 0 spiro atoms. The summed E-state index contributed by atoms with van der Waals surface area (Å²) in [5, 5.41) is 3.68. The number of hydrogen-bond donors (Lipinski definition) is 1. The summed E-state index contributed by atoms with van der Waals surface area (Å²) in [6.45, 7) is -3.04. The first-order valence-corrected chi connectivity index (χ1v) is 6.72. The molecule has 2 rings (SSSR count). The monoisotopic (exact) mass is 338 g/mol. The van der Waals surface area contributed by atoms with E-state index in [1.54, 1.807) is 6.07 Å². The highest BCUT2D eigenvalue weighted by Crippen LogP contribution is 2.31. The molecule has 1 N–H and O–H groups in total. The van der Waals surface area contributed by atoms with Crippen molar-refractivity contribution in [2.75, 3.05) is 7.11 Å². The van der Waals surface area contributed by atoms with E-state index in [0.29, 0.717) is 0 Å². The first kappa shape index (κ1) is 17.3. The number of carbonyl (C=O) groups is 1. The molecular formula is C16H13F3N2O3. The van der Waals surface area contributed by atoms with Crippen molar-refractivity contribution < 1.29 is 27.4 Å². The third-order valence-corrected chi connectivity index (χ3v) is 2.91. The molecule has 8 heteroatoms. The molecule has 0 saturated carbocycles. The smallest absolute Gasteiger partial charge is 0.387 e. The molecule has 2 aromatic carbocycles. The largest absolute Gasteiger partial charge is 0.493 e. The number of alkyl halides is 2. The second kappa shape index (κ2) is 8.00. The molecule has 0 radical (unpaired) electrons. The molecule has 1 amide bonds. The summed E-state index contributed by atoms with van der Waals surface area (Å²) in [5.41, 5.74) is 2.60. The zero-order valence-corrected chi connectivity index (χ0v) is 12.5. The SMILES string of the molecule is COc1cccc(/C=N\NC(=O)c2ccc(F)cc2)c1OC(F)F. The second-order valence-electron chi connectivity index (χ2n) is 4.46. The van der Waals surface area contributed by atoms with Crippen LogP contribution >= 0.6 is 0 Å². The fourth-order valence-corrected chi connectivity index (χ4v) is 1.84. The molecule has 0 atom stereocenters. The summed E-state index contributed by atoms with van der Waals surface area (Å²) in [7, 11) is 1.31. The quantitative estimate of drug-likeness (QED) is 0.650. The van der Waals surface area contributed by atoms with Crippen LogP contribution in [0, 0.1) is 5.82 Å². The average Bonchev–Trinajstić information content (AvgIpc) is 2.56. The van der Waals surface area contributed by atoms with E-state index in [1.165, 1.54) is 31.4 Å². The number of amides is 1. The minimum Gasteiger partial charge on any atom is -0.493 e. The van der Waals surface area contributed by atoms with Crippen LogP contribution in [0.15, 0.2) is 47.6 Å². The van der Waals surface area contributed by atoms with E-state index < -0.39 is 18.3 Å². The van der Waals surface area contributed by atoms with Gasteiger partial charge < -0.3 is 9.47 Å². The van der Waals surface area contributed by atoms with Crippen molar-refractivity contribution in [2.45, 2.75) is 6.61 Å². The Labute approximate surface area is 135 Å². The van der Waals surface area contributed by atoms with Crippen molar-refractivity contribution in [3.05, 3.63) is 59.4 Å². The van der Waals surface area contributed by atoms with Crippen LogP contribution in [0.3, 0.4) is 0 Å². The number of nitrogens with zero attached hydrogens (tertiary/aromatic N) is 1. The van der Waals surface area contributed by atoms with Crippen LogP contribution in [0.2, 0.25) is 0 Å². The van der Waals surface area contributed by atoms with Gasteiger partial charge in [0.05, 0.1) is 13.3 Å². The highest BCUT2D eigenvalue weighted by Gasteiger charge is 2.14. The molecule has 2 aromatic rings. The highest BCUT2D eigenvalue weighted by molar-refractivity contribution is 5.95. The molecule has 0 aliphatic carbocycles. The van der Waals surface area contributed by atoms with Gasteiger partial charge in [0.2, 0.25) is 0 Å². The summed E-state index contributed by atoms with van der Waals surface area (Å²) in [6.07, 6.45) is 1.14. The Morgan fingerprint density at radius 3 is 2.54 bits per heavy atom. The van der Waals surface area contributed by atoms with Crippen LogP contribution in [-0.4, -0.2) is 25.8 Å². The topological polar surface area (TPSA) is 59.9 Å². The average molecular weight is 338 g/mol. The van der Waals surface area contributed by atoms with Gasteiger partial charge in [0.1, 0.15) is 5.82 Å². The lowest BCUT2D eigenvalue weighted by molar-refractivity contribution is -0.0513. The van der Waals surface area contributed by atoms with Crippen LogP contribution in [0.4, 0.5) is 13.2 Å². The van der Waals surface area contributed by atoms with E-state index in [4.69, 9.17) is 4.74 Å². The first-order chi connectivity index (χ1) is 11.5. The van der Waals surface area contributed by atoms with Gasteiger partial charge in [-0.3, -0.25) is 4.79 Å². The van der Waals surface area contributed by atoms with Crippen molar-refractivity contribution in [2.24, 2.45) is 5.10 Å². The lowest BCUT2D eigenvalue weighted by atomic mass is 10.2. The molecular weight excluding hydrogens is 325 g/mol. The lowest BCUT2D eigenvalue weighted by Gasteiger charge is -2.11. The Morgan fingerprint density at radius 1 is 1.21 bits per heavy atom. The molecule has 126 valence electrons. The van der Waals surface area contributed by atoms with E-state index in [9.17, 15) is 18.0 Å². The van der Waals surface area contributed by atoms with Gasteiger partial charge in [0.15, 0.2) is 11.5 Å². The molecule has 0 saturated heterocycles. The van der Waals surface area contributed by atoms with E-state index >= 15 is 0 Å². The third-order valence-electron chi connectivity index (χ3n) is 2.91. The maximum Gasteiger partial charge on any atom is 0.387 e. The lowest BCUT2D eigenvalue weighted by Crippen LogP contribution is -2.17. The fraction of sp³-hybridized carbons (Fsp3) is 0.125. The Hall–Kier alpha value is -3.03. The summed E-state index contributed by atoms with van der Waals surface area (Å²) >= 11 is 0. The van der Waals surface area contributed by atoms with Crippen LogP contribution in [-0.2, 0) is 0 Å². The maximum atomic E-state index is 12.8. The standard InChI is InChI=1S/C16H13F3N2O3/c1-23-13-4-2-3-11(14(13)24-16(18)19)9-20-21-15(22)10-5-7-12(17)8-6-10/h2-9,16H,1H3,(H,21,22)/b20-9-. The van der Waals surface area contributed by atoms with Gasteiger partial charge in [0.25, 0.3) is 5.91 Å². The highest BCUT2D eigenvalue weighted by atomic mass is 19.3. The first-order valence-electron chi connectivity index (χ1n) is 6.72. The second-order valence-corrected chi connectivity index (χ2v) is 4.46. The predicted octanol–water partition coefficient (Wildman–Crippen LogP) is 3.20. The van der Waals surface area contributed by atoms with Gasteiger partial charge in [-0.15, -0.1) is 0 Å². The molecule has 0 aliphatic rings. The fourth-order valence-electron chi connectivity index (χ4n) is 1.84.